The summed E-state index contributed by atoms with van der Waals surface area (Å²) in [7, 11) is 0. The van der Waals surface area contributed by atoms with Gasteiger partial charge in [0.2, 0.25) is 0 Å². The zero-order chi connectivity index (χ0) is 9.14. The van der Waals surface area contributed by atoms with Crippen LogP contribution in [-0.4, -0.2) is 11.3 Å². The molecule has 1 aliphatic heterocycles. The van der Waals surface area contributed by atoms with Crippen molar-refractivity contribution in [2.75, 3.05) is 0 Å². The number of hydrogen-bond donors (Lipinski definition) is 2. The average molecular weight is 228 g/mol. The van der Waals surface area contributed by atoms with E-state index in [1.54, 1.807) is 12.2 Å². The zero-order valence-electron chi connectivity index (χ0n) is 6.55. The van der Waals surface area contributed by atoms with Crippen LogP contribution in [0, 0.1) is 0 Å². The summed E-state index contributed by atoms with van der Waals surface area (Å²) in [6.45, 7) is 7.42. The summed E-state index contributed by atoms with van der Waals surface area (Å²) in [4.78, 5) is 0. The molecular formula is C9H10BrNO. The molecule has 0 fully saturated rings. The molecule has 1 rings (SSSR count). The number of allylic oxidation sites excluding steroid dienone is 3. The molecule has 0 amide bonds. The van der Waals surface area contributed by atoms with Crippen molar-refractivity contribution in [3.63, 3.8) is 0 Å². The van der Waals surface area contributed by atoms with Crippen molar-refractivity contribution in [2.45, 2.75) is 6.23 Å². The van der Waals surface area contributed by atoms with Crippen molar-refractivity contribution in [3.8, 4) is 0 Å². The van der Waals surface area contributed by atoms with Gasteiger partial charge >= 0.3 is 0 Å². The Kier molecular flexibility index (Phi) is 2.89. The SMILES string of the molecule is C=C(Br)/C=C1/C=CC(O)NC1=C. The molecule has 0 aromatic carbocycles. The van der Waals surface area contributed by atoms with Gasteiger partial charge in [-0.2, -0.15) is 0 Å². The largest absolute Gasteiger partial charge is 0.370 e. The molecule has 12 heavy (non-hydrogen) atoms. The fourth-order valence-corrected chi connectivity index (χ4v) is 1.16. The van der Waals surface area contributed by atoms with E-state index in [9.17, 15) is 0 Å². The lowest BCUT2D eigenvalue weighted by Crippen LogP contribution is -2.29. The Bertz CT molecular complexity index is 278. The highest BCUT2D eigenvalue weighted by Crippen LogP contribution is 2.16. The molecule has 0 bridgehead atoms. The first-order valence-corrected chi connectivity index (χ1v) is 4.27. The summed E-state index contributed by atoms with van der Waals surface area (Å²) < 4.78 is 0.779. The van der Waals surface area contributed by atoms with E-state index >= 15 is 0 Å². The quantitative estimate of drug-likeness (QED) is 0.717. The van der Waals surface area contributed by atoms with Crippen LogP contribution in [-0.2, 0) is 0 Å². The molecule has 2 N–H and O–H groups in total. The minimum absolute atomic E-state index is 0.627. The van der Waals surface area contributed by atoms with Crippen LogP contribution < -0.4 is 5.32 Å². The van der Waals surface area contributed by atoms with E-state index in [1.807, 2.05) is 6.08 Å². The van der Waals surface area contributed by atoms with Gasteiger partial charge in [-0.15, -0.1) is 0 Å². The van der Waals surface area contributed by atoms with Crippen LogP contribution in [0.2, 0.25) is 0 Å². The van der Waals surface area contributed by atoms with Crippen molar-refractivity contribution in [1.29, 1.82) is 0 Å². The number of hydrogen-bond acceptors (Lipinski definition) is 2. The standard InChI is InChI=1S/C9H10BrNO/c1-6(10)5-8-3-4-9(12)11-7(8)2/h3-5,9,11-12H,1-2H2/b8-5-. The predicted molar refractivity (Wildman–Crippen MR) is 53.6 cm³/mol. The van der Waals surface area contributed by atoms with Crippen molar-refractivity contribution >= 4 is 15.9 Å². The third kappa shape index (κ3) is 2.36. The number of halogens is 1. The van der Waals surface area contributed by atoms with Crippen LogP contribution in [0.15, 0.2) is 47.1 Å². The van der Waals surface area contributed by atoms with E-state index in [0.29, 0.717) is 5.70 Å². The van der Waals surface area contributed by atoms with Crippen LogP contribution in [0.4, 0.5) is 0 Å². The van der Waals surface area contributed by atoms with Crippen LogP contribution in [0.1, 0.15) is 0 Å². The molecule has 0 spiro atoms. The molecule has 1 aliphatic rings. The molecule has 64 valence electrons. The van der Waals surface area contributed by atoms with E-state index in [4.69, 9.17) is 5.11 Å². The second-order valence-corrected chi connectivity index (χ2v) is 3.49. The molecule has 0 radical (unpaired) electrons. The summed E-state index contributed by atoms with van der Waals surface area (Å²) in [5, 5.41) is 11.9. The monoisotopic (exact) mass is 227 g/mol. The molecule has 2 nitrogen and oxygen atoms in total. The maximum Gasteiger partial charge on any atom is 0.144 e. The molecule has 1 atom stereocenters. The average Bonchev–Trinajstić information content (AvgIpc) is 1.94. The van der Waals surface area contributed by atoms with Crippen LogP contribution in [0.3, 0.4) is 0 Å². The third-order valence-corrected chi connectivity index (χ3v) is 1.67. The smallest absolute Gasteiger partial charge is 0.144 e. The Labute approximate surface area is 80.1 Å². The number of aliphatic hydroxyl groups excluding tert-OH is 1. The highest BCUT2D eigenvalue weighted by atomic mass is 79.9. The van der Waals surface area contributed by atoms with Gasteiger partial charge in [0, 0.05) is 10.2 Å². The first-order valence-electron chi connectivity index (χ1n) is 3.48. The molecule has 0 aromatic rings. The predicted octanol–water partition coefficient (Wildman–Crippen LogP) is 1.81. The molecule has 0 aliphatic carbocycles. The highest BCUT2D eigenvalue weighted by Gasteiger charge is 2.08. The van der Waals surface area contributed by atoms with Crippen molar-refractivity contribution in [2.24, 2.45) is 0 Å². The van der Waals surface area contributed by atoms with Crippen LogP contribution in [0.5, 0.6) is 0 Å². The van der Waals surface area contributed by atoms with Gasteiger partial charge in [0.25, 0.3) is 0 Å². The van der Waals surface area contributed by atoms with E-state index in [0.717, 1.165) is 10.1 Å². The summed E-state index contributed by atoms with van der Waals surface area (Å²) in [5.41, 5.74) is 1.62. The fraction of sp³-hybridized carbons (Fsp3) is 0.111. The second kappa shape index (κ2) is 3.74. The maximum atomic E-state index is 9.11. The van der Waals surface area contributed by atoms with E-state index in [-0.39, 0.29) is 0 Å². The second-order valence-electron chi connectivity index (χ2n) is 2.47. The Hall–Kier alpha value is -0.800. The lowest BCUT2D eigenvalue weighted by atomic mass is 10.1. The zero-order valence-corrected chi connectivity index (χ0v) is 8.13. The first-order chi connectivity index (χ1) is 5.59. The third-order valence-electron chi connectivity index (χ3n) is 1.44. The number of nitrogens with one attached hydrogen (secondary N) is 1. The first kappa shape index (κ1) is 9.29. The lowest BCUT2D eigenvalue weighted by molar-refractivity contribution is 0.196. The Morgan fingerprint density at radius 2 is 2.42 bits per heavy atom. The van der Waals surface area contributed by atoms with Gasteiger partial charge in [-0.25, -0.2) is 0 Å². The van der Waals surface area contributed by atoms with Crippen molar-refractivity contribution in [1.82, 2.24) is 5.32 Å². The van der Waals surface area contributed by atoms with Gasteiger partial charge < -0.3 is 10.4 Å². The number of aliphatic hydroxyl groups is 1. The van der Waals surface area contributed by atoms with Gasteiger partial charge in [-0.1, -0.05) is 35.2 Å². The molecule has 0 aromatic heterocycles. The van der Waals surface area contributed by atoms with Gasteiger partial charge in [0.1, 0.15) is 6.23 Å². The number of rotatable bonds is 1. The minimum atomic E-state index is -0.627. The van der Waals surface area contributed by atoms with Gasteiger partial charge in [0.15, 0.2) is 0 Å². The molecule has 0 saturated carbocycles. The molecule has 0 saturated heterocycles. The van der Waals surface area contributed by atoms with Crippen LogP contribution >= 0.6 is 15.9 Å². The van der Waals surface area contributed by atoms with Crippen molar-refractivity contribution in [3.05, 3.63) is 47.1 Å². The lowest BCUT2D eigenvalue weighted by Gasteiger charge is -2.18. The molecule has 1 unspecified atom stereocenters. The Morgan fingerprint density at radius 3 is 2.92 bits per heavy atom. The maximum absolute atomic E-state index is 9.11. The van der Waals surface area contributed by atoms with Crippen molar-refractivity contribution < 1.29 is 5.11 Å². The molecular weight excluding hydrogens is 218 g/mol. The normalized spacial score (nSPS) is 25.7. The van der Waals surface area contributed by atoms with Crippen LogP contribution in [0.25, 0.3) is 0 Å². The molecule has 1 heterocycles. The van der Waals surface area contributed by atoms with Gasteiger partial charge in [-0.3, -0.25) is 0 Å². The minimum Gasteiger partial charge on any atom is -0.370 e. The van der Waals surface area contributed by atoms with E-state index < -0.39 is 6.23 Å². The van der Waals surface area contributed by atoms with E-state index in [2.05, 4.69) is 34.4 Å². The fourth-order valence-electron chi connectivity index (χ4n) is 0.909. The van der Waals surface area contributed by atoms with Gasteiger partial charge in [0.05, 0.1) is 0 Å². The van der Waals surface area contributed by atoms with E-state index in [1.165, 1.54) is 0 Å². The topological polar surface area (TPSA) is 32.3 Å². The summed E-state index contributed by atoms with van der Waals surface area (Å²) in [6.07, 6.45) is 4.66. The summed E-state index contributed by atoms with van der Waals surface area (Å²) in [6, 6.07) is 0. The summed E-state index contributed by atoms with van der Waals surface area (Å²) >= 11 is 3.22. The Morgan fingerprint density at radius 1 is 1.75 bits per heavy atom. The molecule has 3 heteroatoms. The Balaban J connectivity index is 2.87. The summed E-state index contributed by atoms with van der Waals surface area (Å²) in [5.74, 6) is 0. The highest BCUT2D eigenvalue weighted by molar-refractivity contribution is 9.11. The van der Waals surface area contributed by atoms with Gasteiger partial charge in [-0.05, 0) is 17.7 Å².